The van der Waals surface area contributed by atoms with Gasteiger partial charge in [-0.2, -0.15) is 0 Å². The Balaban J connectivity index is 1.96. The Morgan fingerprint density at radius 2 is 1.79 bits per heavy atom. The maximum absolute atomic E-state index is 11.9. The molecule has 0 heterocycles. The molecule has 0 bridgehead atoms. The number of hydrogen-bond donors (Lipinski definition) is 2. The average Bonchev–Trinajstić information content (AvgIpc) is 2.87. The van der Waals surface area contributed by atoms with Crippen molar-refractivity contribution in [2.75, 3.05) is 0 Å². The minimum absolute atomic E-state index is 0.370. The zero-order chi connectivity index (χ0) is 14.3. The number of amides is 2. The van der Waals surface area contributed by atoms with Crippen LogP contribution in [0.4, 0.5) is 0 Å². The van der Waals surface area contributed by atoms with E-state index in [1.165, 1.54) is 0 Å². The fourth-order valence-electron chi connectivity index (χ4n) is 1.79. The Hall–Kier alpha value is -1.26. The van der Waals surface area contributed by atoms with E-state index in [9.17, 15) is 9.59 Å². The van der Waals surface area contributed by atoms with Gasteiger partial charge in [0.2, 0.25) is 5.91 Å². The molecule has 1 atom stereocenters. The van der Waals surface area contributed by atoms with Gasteiger partial charge in [-0.15, -0.1) is 23.2 Å². The monoisotopic (exact) mass is 300 g/mol. The number of hydrazine groups is 1. The topological polar surface area (TPSA) is 58.2 Å². The molecule has 0 radical (unpaired) electrons. The normalized spacial score (nSPS) is 23.6. The molecule has 2 N–H and O–H groups in total. The lowest BCUT2D eigenvalue weighted by Crippen LogP contribution is -2.46. The Kier molecular flexibility index (Phi) is 3.49. The summed E-state index contributed by atoms with van der Waals surface area (Å²) >= 11 is 11.8. The van der Waals surface area contributed by atoms with Gasteiger partial charge in [-0.05, 0) is 31.9 Å². The third-order valence-electron chi connectivity index (χ3n) is 3.44. The minimum atomic E-state index is -1.05. The van der Waals surface area contributed by atoms with Crippen LogP contribution in [0.1, 0.15) is 29.3 Å². The molecule has 102 valence electrons. The van der Waals surface area contributed by atoms with E-state index < -0.39 is 9.75 Å². The van der Waals surface area contributed by atoms with E-state index >= 15 is 0 Å². The molecular formula is C13H14Cl2N2O2. The smallest absolute Gasteiger partial charge is 0.269 e. The minimum Gasteiger partial charge on any atom is -0.273 e. The summed E-state index contributed by atoms with van der Waals surface area (Å²) in [5, 5.41) is 0. The number of carbonyl (C=O) groups is 2. The number of halogens is 2. The number of nitrogens with one attached hydrogen (secondary N) is 2. The first-order valence-electron chi connectivity index (χ1n) is 5.82. The van der Waals surface area contributed by atoms with Gasteiger partial charge in [0.15, 0.2) is 0 Å². The van der Waals surface area contributed by atoms with Crippen LogP contribution in [0, 0.1) is 12.3 Å². The van der Waals surface area contributed by atoms with Crippen LogP contribution in [0.5, 0.6) is 0 Å². The van der Waals surface area contributed by atoms with Crippen molar-refractivity contribution in [2.24, 2.45) is 5.41 Å². The van der Waals surface area contributed by atoms with Crippen LogP contribution in [-0.4, -0.2) is 16.1 Å². The molecule has 0 saturated heterocycles. The van der Waals surface area contributed by atoms with Gasteiger partial charge in [0.1, 0.15) is 4.33 Å². The third-order valence-corrected chi connectivity index (χ3v) is 4.54. The van der Waals surface area contributed by atoms with E-state index in [4.69, 9.17) is 23.2 Å². The molecule has 19 heavy (non-hydrogen) atoms. The van der Waals surface area contributed by atoms with Crippen LogP contribution in [0.25, 0.3) is 0 Å². The maximum atomic E-state index is 11.9. The molecule has 1 unspecified atom stereocenters. The van der Waals surface area contributed by atoms with Gasteiger partial charge in [-0.25, -0.2) is 0 Å². The van der Waals surface area contributed by atoms with Gasteiger partial charge < -0.3 is 0 Å². The summed E-state index contributed by atoms with van der Waals surface area (Å²) in [4.78, 5) is 23.8. The molecule has 0 aliphatic heterocycles. The van der Waals surface area contributed by atoms with E-state index in [0.717, 1.165) is 5.56 Å². The maximum Gasteiger partial charge on any atom is 0.269 e. The predicted molar refractivity (Wildman–Crippen MR) is 73.9 cm³/mol. The number of aryl methyl sites for hydroxylation is 1. The first kappa shape index (κ1) is 14.2. The van der Waals surface area contributed by atoms with Gasteiger partial charge in [-0.3, -0.25) is 20.4 Å². The van der Waals surface area contributed by atoms with E-state index in [1.54, 1.807) is 19.1 Å². The molecule has 1 aromatic carbocycles. The molecule has 6 heteroatoms. The Morgan fingerprint density at radius 1 is 1.21 bits per heavy atom. The van der Waals surface area contributed by atoms with Crippen LogP contribution < -0.4 is 10.9 Å². The molecule has 2 amide bonds. The summed E-state index contributed by atoms with van der Waals surface area (Å²) in [5.74, 6) is -0.759. The largest absolute Gasteiger partial charge is 0.273 e. The highest BCUT2D eigenvalue weighted by Crippen LogP contribution is 2.63. The van der Waals surface area contributed by atoms with Crippen molar-refractivity contribution in [2.45, 2.75) is 24.6 Å². The summed E-state index contributed by atoms with van der Waals surface area (Å²) in [7, 11) is 0. The second-order valence-corrected chi connectivity index (χ2v) is 6.42. The van der Waals surface area contributed by atoms with E-state index in [1.807, 2.05) is 19.1 Å². The van der Waals surface area contributed by atoms with Gasteiger partial charge >= 0.3 is 0 Å². The number of alkyl halides is 2. The number of carbonyl (C=O) groups excluding carboxylic acids is 2. The highest BCUT2D eigenvalue weighted by Gasteiger charge is 2.68. The van der Waals surface area contributed by atoms with E-state index in [-0.39, 0.29) is 11.8 Å². The molecule has 0 spiro atoms. The summed E-state index contributed by atoms with van der Waals surface area (Å²) in [5.41, 5.74) is 5.21. The van der Waals surface area contributed by atoms with Crippen molar-refractivity contribution in [3.63, 3.8) is 0 Å². The van der Waals surface area contributed by atoms with Crippen molar-refractivity contribution >= 4 is 35.0 Å². The Bertz CT molecular complexity index is 545. The zero-order valence-corrected chi connectivity index (χ0v) is 12.1. The second kappa shape index (κ2) is 4.69. The highest BCUT2D eigenvalue weighted by molar-refractivity contribution is 6.53. The quantitative estimate of drug-likeness (QED) is 0.650. The number of hydrogen-bond acceptors (Lipinski definition) is 2. The van der Waals surface area contributed by atoms with Gasteiger partial charge in [0, 0.05) is 5.56 Å². The molecule has 4 nitrogen and oxygen atoms in total. The third kappa shape index (κ3) is 2.55. The zero-order valence-electron chi connectivity index (χ0n) is 10.6. The molecule has 1 saturated carbocycles. The fraction of sp³-hybridized carbons (Fsp3) is 0.385. The first-order valence-corrected chi connectivity index (χ1v) is 6.58. The van der Waals surface area contributed by atoms with Gasteiger partial charge in [-0.1, -0.05) is 18.2 Å². The van der Waals surface area contributed by atoms with Crippen LogP contribution in [0.15, 0.2) is 24.3 Å². The van der Waals surface area contributed by atoms with Crippen molar-refractivity contribution in [1.82, 2.24) is 10.9 Å². The van der Waals surface area contributed by atoms with E-state index in [2.05, 4.69) is 10.9 Å². The predicted octanol–water partition coefficient (Wildman–Crippen LogP) is 2.34. The van der Waals surface area contributed by atoms with Crippen molar-refractivity contribution in [1.29, 1.82) is 0 Å². The summed E-state index contributed by atoms with van der Waals surface area (Å²) < 4.78 is -1.05. The fourth-order valence-corrected chi connectivity index (χ4v) is 2.50. The van der Waals surface area contributed by atoms with Crippen molar-refractivity contribution < 1.29 is 9.59 Å². The summed E-state index contributed by atoms with van der Waals surface area (Å²) in [6.45, 7) is 3.48. The van der Waals surface area contributed by atoms with E-state index in [0.29, 0.717) is 12.0 Å². The Morgan fingerprint density at radius 3 is 2.32 bits per heavy atom. The number of benzene rings is 1. The molecule has 0 aromatic heterocycles. The van der Waals surface area contributed by atoms with Crippen LogP contribution >= 0.6 is 23.2 Å². The standard InChI is InChI=1S/C13H14Cl2N2O2/c1-8-5-3-4-6-9(8)10(18)16-17-11(19)12(2)7-13(12,14)15/h3-6H,7H2,1-2H3,(H,16,18)(H,17,19). The molecule has 1 fully saturated rings. The molecule has 1 aliphatic carbocycles. The van der Waals surface area contributed by atoms with Gasteiger partial charge in [0.25, 0.3) is 5.91 Å². The molecule has 2 rings (SSSR count). The number of rotatable bonds is 2. The second-order valence-electron chi connectivity index (χ2n) is 4.94. The summed E-state index contributed by atoms with van der Waals surface area (Å²) in [6, 6.07) is 7.10. The van der Waals surface area contributed by atoms with Crippen LogP contribution in [0.2, 0.25) is 0 Å². The molecular weight excluding hydrogens is 287 g/mol. The SMILES string of the molecule is Cc1ccccc1C(=O)NNC(=O)C1(C)CC1(Cl)Cl. The lowest BCUT2D eigenvalue weighted by molar-refractivity contribution is -0.126. The van der Waals surface area contributed by atoms with Crippen molar-refractivity contribution in [3.8, 4) is 0 Å². The summed E-state index contributed by atoms with van der Waals surface area (Å²) in [6.07, 6.45) is 0.370. The van der Waals surface area contributed by atoms with Crippen LogP contribution in [-0.2, 0) is 4.79 Å². The van der Waals surface area contributed by atoms with Crippen LogP contribution in [0.3, 0.4) is 0 Å². The van der Waals surface area contributed by atoms with Crippen molar-refractivity contribution in [3.05, 3.63) is 35.4 Å². The molecule has 1 aromatic rings. The molecule has 1 aliphatic rings. The lowest BCUT2D eigenvalue weighted by Gasteiger charge is -2.14. The lowest BCUT2D eigenvalue weighted by atomic mass is 10.1. The Labute approximate surface area is 121 Å². The van der Waals surface area contributed by atoms with Gasteiger partial charge in [0.05, 0.1) is 5.41 Å². The highest BCUT2D eigenvalue weighted by atomic mass is 35.5. The average molecular weight is 301 g/mol. The first-order chi connectivity index (χ1) is 8.78.